The average molecular weight is 198 g/mol. The van der Waals surface area contributed by atoms with Crippen molar-refractivity contribution in [3.63, 3.8) is 0 Å². The van der Waals surface area contributed by atoms with E-state index in [1.54, 1.807) is 13.8 Å². The van der Waals surface area contributed by atoms with Crippen LogP contribution >= 0.6 is 14.7 Å². The molecule has 11 heavy (non-hydrogen) atoms. The highest BCUT2D eigenvalue weighted by Gasteiger charge is 2.23. The SMILES string of the molecule is CCP(C)(=O)OP(C)(=O)CC. The summed E-state index contributed by atoms with van der Waals surface area (Å²) in [5.74, 6) is 0. The van der Waals surface area contributed by atoms with Gasteiger partial charge in [-0.05, 0) is 0 Å². The highest BCUT2D eigenvalue weighted by atomic mass is 31.2. The van der Waals surface area contributed by atoms with E-state index in [9.17, 15) is 9.13 Å². The lowest BCUT2D eigenvalue weighted by Gasteiger charge is -2.16. The van der Waals surface area contributed by atoms with Crippen molar-refractivity contribution in [1.82, 2.24) is 0 Å². The smallest absolute Gasteiger partial charge is 0.205 e. The van der Waals surface area contributed by atoms with Gasteiger partial charge in [0, 0.05) is 25.7 Å². The second-order valence-corrected chi connectivity index (χ2v) is 8.72. The van der Waals surface area contributed by atoms with E-state index in [0.717, 1.165) is 0 Å². The first-order chi connectivity index (χ1) is 4.83. The van der Waals surface area contributed by atoms with Crippen molar-refractivity contribution in [1.29, 1.82) is 0 Å². The third kappa shape index (κ3) is 4.79. The molecule has 3 nitrogen and oxygen atoms in total. The summed E-state index contributed by atoms with van der Waals surface area (Å²) in [6.07, 6.45) is 0.898. The monoisotopic (exact) mass is 198 g/mol. The van der Waals surface area contributed by atoms with Gasteiger partial charge in [0.25, 0.3) is 0 Å². The summed E-state index contributed by atoms with van der Waals surface area (Å²) >= 11 is 0. The third-order valence-corrected chi connectivity index (χ3v) is 6.56. The molecule has 0 aromatic heterocycles. The van der Waals surface area contributed by atoms with Gasteiger partial charge in [-0.15, -0.1) is 0 Å². The summed E-state index contributed by atoms with van der Waals surface area (Å²) in [7, 11) is -5.15. The van der Waals surface area contributed by atoms with Gasteiger partial charge in [0.05, 0.1) is 0 Å². The first kappa shape index (κ1) is 11.4. The molecule has 0 bridgehead atoms. The standard InChI is InChI=1S/C6H16O3P2/c1-5-10(3,7)9-11(4,8)6-2/h5-6H2,1-4H3. The second-order valence-electron chi connectivity index (χ2n) is 2.74. The molecule has 0 amide bonds. The summed E-state index contributed by atoms with van der Waals surface area (Å²) < 4.78 is 27.8. The first-order valence-electron chi connectivity index (χ1n) is 3.67. The molecule has 0 saturated heterocycles. The van der Waals surface area contributed by atoms with E-state index < -0.39 is 14.7 Å². The Balaban J connectivity index is 4.26. The molecule has 5 heteroatoms. The zero-order valence-corrected chi connectivity index (χ0v) is 9.32. The zero-order valence-electron chi connectivity index (χ0n) is 7.53. The van der Waals surface area contributed by atoms with E-state index in [1.807, 2.05) is 0 Å². The van der Waals surface area contributed by atoms with Crippen LogP contribution in [0.2, 0.25) is 0 Å². The van der Waals surface area contributed by atoms with Crippen molar-refractivity contribution in [3.8, 4) is 0 Å². The van der Waals surface area contributed by atoms with Crippen LogP contribution in [0.3, 0.4) is 0 Å². The minimum absolute atomic E-state index is 0.449. The van der Waals surface area contributed by atoms with Crippen molar-refractivity contribution in [2.45, 2.75) is 13.8 Å². The second kappa shape index (κ2) is 3.89. The Labute approximate surface area is 68.4 Å². The average Bonchev–Trinajstić information content (AvgIpc) is 1.86. The van der Waals surface area contributed by atoms with Crippen LogP contribution in [0, 0.1) is 0 Å². The van der Waals surface area contributed by atoms with Gasteiger partial charge in [-0.1, -0.05) is 13.8 Å². The van der Waals surface area contributed by atoms with Gasteiger partial charge < -0.3 is 0 Å². The van der Waals surface area contributed by atoms with E-state index in [2.05, 4.69) is 0 Å². The molecule has 0 radical (unpaired) electrons. The Kier molecular flexibility index (Phi) is 4.04. The van der Waals surface area contributed by atoms with E-state index in [-0.39, 0.29) is 0 Å². The van der Waals surface area contributed by atoms with Crippen LogP contribution < -0.4 is 0 Å². The molecule has 0 aromatic carbocycles. The van der Waals surface area contributed by atoms with Crippen LogP contribution in [0.25, 0.3) is 0 Å². The zero-order chi connectivity index (χ0) is 9.12. The molecular weight excluding hydrogens is 182 g/mol. The quantitative estimate of drug-likeness (QED) is 0.652. The van der Waals surface area contributed by atoms with Crippen molar-refractivity contribution in [2.75, 3.05) is 25.7 Å². The van der Waals surface area contributed by atoms with Crippen LogP contribution in [-0.2, 0) is 13.4 Å². The molecule has 0 spiro atoms. The van der Waals surface area contributed by atoms with E-state index in [0.29, 0.717) is 12.3 Å². The van der Waals surface area contributed by atoms with Gasteiger partial charge in [0.15, 0.2) is 0 Å². The number of rotatable bonds is 4. The molecule has 0 aliphatic heterocycles. The molecule has 2 atom stereocenters. The molecular formula is C6H16O3P2. The largest absolute Gasteiger partial charge is 0.293 e. The minimum Gasteiger partial charge on any atom is -0.293 e. The van der Waals surface area contributed by atoms with Crippen LogP contribution in [0.4, 0.5) is 0 Å². The van der Waals surface area contributed by atoms with Crippen LogP contribution in [0.1, 0.15) is 13.8 Å². The van der Waals surface area contributed by atoms with Gasteiger partial charge in [-0.3, -0.25) is 13.4 Å². The van der Waals surface area contributed by atoms with Gasteiger partial charge in [-0.25, -0.2) is 0 Å². The van der Waals surface area contributed by atoms with Crippen LogP contribution in [-0.4, -0.2) is 25.7 Å². The number of hydrogen-bond donors (Lipinski definition) is 0. The molecule has 0 heterocycles. The Bertz CT molecular complexity index is 190. The van der Waals surface area contributed by atoms with Gasteiger partial charge in [0.1, 0.15) is 0 Å². The van der Waals surface area contributed by atoms with Crippen molar-refractivity contribution in [2.24, 2.45) is 0 Å². The van der Waals surface area contributed by atoms with Crippen LogP contribution in [0.5, 0.6) is 0 Å². The molecule has 0 fully saturated rings. The number of hydrogen-bond acceptors (Lipinski definition) is 3. The Hall–Kier alpha value is 0.420. The molecule has 0 aromatic rings. The molecule has 2 unspecified atom stereocenters. The summed E-state index contributed by atoms with van der Waals surface area (Å²) in [4.78, 5) is 0. The summed E-state index contributed by atoms with van der Waals surface area (Å²) in [5, 5.41) is 0. The normalized spacial score (nSPS) is 22.2. The summed E-state index contributed by atoms with van der Waals surface area (Å²) in [6.45, 7) is 6.60. The molecule has 68 valence electrons. The Morgan fingerprint density at radius 2 is 1.27 bits per heavy atom. The highest BCUT2D eigenvalue weighted by Crippen LogP contribution is 2.59. The predicted octanol–water partition coefficient (Wildman–Crippen LogP) is 2.86. The van der Waals surface area contributed by atoms with Gasteiger partial charge in [0.2, 0.25) is 14.7 Å². The maximum Gasteiger partial charge on any atom is 0.205 e. The Morgan fingerprint density at radius 3 is 1.45 bits per heavy atom. The maximum atomic E-state index is 11.4. The molecule has 0 saturated carbocycles. The fraction of sp³-hybridized carbons (Fsp3) is 1.00. The summed E-state index contributed by atoms with van der Waals surface area (Å²) in [6, 6.07) is 0. The van der Waals surface area contributed by atoms with Crippen molar-refractivity contribution in [3.05, 3.63) is 0 Å². The van der Waals surface area contributed by atoms with Gasteiger partial charge in [-0.2, -0.15) is 0 Å². The fourth-order valence-electron chi connectivity index (χ4n) is 0.481. The van der Waals surface area contributed by atoms with E-state index >= 15 is 0 Å². The first-order valence-corrected chi connectivity index (χ1v) is 8.19. The maximum absolute atomic E-state index is 11.4. The predicted molar refractivity (Wildman–Crippen MR) is 49.2 cm³/mol. The molecule has 0 N–H and O–H groups in total. The fourth-order valence-corrected chi connectivity index (χ4v) is 4.33. The van der Waals surface area contributed by atoms with Crippen molar-refractivity contribution >= 4 is 14.7 Å². The van der Waals surface area contributed by atoms with E-state index in [1.165, 1.54) is 13.3 Å². The molecule has 0 rings (SSSR count). The Morgan fingerprint density at radius 1 is 1.00 bits per heavy atom. The lowest BCUT2D eigenvalue weighted by molar-refractivity contribution is 0.466. The lowest BCUT2D eigenvalue weighted by atomic mass is 11.0. The van der Waals surface area contributed by atoms with Crippen molar-refractivity contribution < 1.29 is 13.4 Å². The van der Waals surface area contributed by atoms with E-state index in [4.69, 9.17) is 4.31 Å². The highest BCUT2D eigenvalue weighted by molar-refractivity contribution is 7.71. The summed E-state index contributed by atoms with van der Waals surface area (Å²) in [5.41, 5.74) is 0. The minimum atomic E-state index is -2.57. The lowest BCUT2D eigenvalue weighted by Crippen LogP contribution is -1.91. The molecule has 0 aliphatic rings. The molecule has 0 aliphatic carbocycles. The van der Waals surface area contributed by atoms with Gasteiger partial charge >= 0.3 is 0 Å². The van der Waals surface area contributed by atoms with Crippen LogP contribution in [0.15, 0.2) is 0 Å². The topological polar surface area (TPSA) is 43.4 Å². The third-order valence-electron chi connectivity index (χ3n) is 1.49.